The van der Waals surface area contributed by atoms with Crippen molar-refractivity contribution in [3.8, 4) is 0 Å². The standard InChI is InChI=1S/C18H17F6N2O2P/c1-16(17(19,20)21,18(22,23)24)26-15(27)25-12-29(28,13-8-4-2-5-9-13)14-10-6-3-7-11-14/h2-11H,12H2,1H3,(H2,25,26,27). The second kappa shape index (κ2) is 8.10. The fourth-order valence-corrected chi connectivity index (χ4v) is 4.76. The average Bonchev–Trinajstić information content (AvgIpc) is 2.65. The van der Waals surface area contributed by atoms with Gasteiger partial charge < -0.3 is 15.2 Å². The van der Waals surface area contributed by atoms with Crippen LogP contribution in [0.4, 0.5) is 31.1 Å². The molecule has 0 aliphatic carbocycles. The van der Waals surface area contributed by atoms with Gasteiger partial charge in [-0.2, -0.15) is 26.3 Å². The van der Waals surface area contributed by atoms with Crippen molar-refractivity contribution in [2.24, 2.45) is 0 Å². The van der Waals surface area contributed by atoms with Gasteiger partial charge >= 0.3 is 18.4 Å². The number of hydrogen-bond donors (Lipinski definition) is 2. The first kappa shape index (κ1) is 22.8. The molecule has 0 unspecified atom stereocenters. The Morgan fingerprint density at radius 3 is 1.55 bits per heavy atom. The molecule has 29 heavy (non-hydrogen) atoms. The smallest absolute Gasteiger partial charge is 0.331 e. The summed E-state index contributed by atoms with van der Waals surface area (Å²) in [5, 5.41) is 3.42. The van der Waals surface area contributed by atoms with Crippen LogP contribution in [-0.4, -0.2) is 30.2 Å². The van der Waals surface area contributed by atoms with E-state index < -0.39 is 37.4 Å². The van der Waals surface area contributed by atoms with E-state index in [1.54, 1.807) is 36.4 Å². The number of carbonyl (C=O) groups excluding carboxylic acids is 1. The number of halogens is 6. The molecule has 0 heterocycles. The summed E-state index contributed by atoms with van der Waals surface area (Å²) < 4.78 is 91.3. The summed E-state index contributed by atoms with van der Waals surface area (Å²) in [7, 11) is -3.56. The van der Waals surface area contributed by atoms with Gasteiger partial charge in [-0.15, -0.1) is 0 Å². The van der Waals surface area contributed by atoms with Crippen molar-refractivity contribution in [3.05, 3.63) is 60.7 Å². The van der Waals surface area contributed by atoms with Crippen LogP contribution < -0.4 is 21.2 Å². The van der Waals surface area contributed by atoms with Crippen LogP contribution in [0.2, 0.25) is 0 Å². The first-order valence-electron chi connectivity index (χ1n) is 8.21. The van der Waals surface area contributed by atoms with Gasteiger partial charge in [0.1, 0.15) is 0 Å². The normalized spacial score (nSPS) is 13.1. The van der Waals surface area contributed by atoms with E-state index in [1.165, 1.54) is 24.3 Å². The fourth-order valence-electron chi connectivity index (χ4n) is 2.43. The molecular weight excluding hydrogens is 421 g/mol. The summed E-state index contributed by atoms with van der Waals surface area (Å²) in [4.78, 5) is 11.9. The Morgan fingerprint density at radius 1 is 0.828 bits per heavy atom. The molecule has 158 valence electrons. The van der Waals surface area contributed by atoms with Gasteiger partial charge in [0.15, 0.2) is 7.14 Å². The molecule has 11 heteroatoms. The lowest BCUT2D eigenvalue weighted by Gasteiger charge is -2.34. The van der Waals surface area contributed by atoms with Crippen molar-refractivity contribution < 1.29 is 35.7 Å². The number of nitrogens with one attached hydrogen (secondary N) is 2. The Labute approximate surface area is 162 Å². The molecule has 0 saturated heterocycles. The third kappa shape index (κ3) is 4.75. The highest BCUT2D eigenvalue weighted by Crippen LogP contribution is 2.43. The lowest BCUT2D eigenvalue weighted by atomic mass is 10.0. The monoisotopic (exact) mass is 438 g/mol. The first-order chi connectivity index (χ1) is 13.3. The van der Waals surface area contributed by atoms with Crippen LogP contribution in [0.25, 0.3) is 0 Å². The number of benzene rings is 2. The molecule has 0 fully saturated rings. The Bertz CT molecular complexity index is 827. The molecule has 2 N–H and O–H groups in total. The van der Waals surface area contributed by atoms with Gasteiger partial charge in [0, 0.05) is 10.6 Å². The highest BCUT2D eigenvalue weighted by atomic mass is 31.2. The van der Waals surface area contributed by atoms with Crippen molar-refractivity contribution in [2.75, 3.05) is 6.29 Å². The van der Waals surface area contributed by atoms with Crippen LogP contribution in [0, 0.1) is 0 Å². The molecule has 0 radical (unpaired) electrons. The molecule has 0 aromatic heterocycles. The molecule has 4 nitrogen and oxygen atoms in total. The largest absolute Gasteiger partial charge is 0.420 e. The van der Waals surface area contributed by atoms with E-state index in [9.17, 15) is 35.7 Å². The maximum atomic E-state index is 13.6. The van der Waals surface area contributed by atoms with Crippen molar-refractivity contribution >= 4 is 23.8 Å². The minimum absolute atomic E-state index is 0.180. The second-order valence-corrected chi connectivity index (χ2v) is 9.15. The van der Waals surface area contributed by atoms with Gasteiger partial charge in [0.25, 0.3) is 0 Å². The van der Waals surface area contributed by atoms with E-state index >= 15 is 0 Å². The molecule has 2 aromatic rings. The SMILES string of the molecule is CC(NC(=O)NCP(=O)(c1ccccc1)c1ccccc1)(C(F)(F)F)C(F)(F)F. The van der Waals surface area contributed by atoms with E-state index in [4.69, 9.17) is 0 Å². The zero-order chi connectivity index (χ0) is 21.9. The minimum atomic E-state index is -5.79. The molecule has 0 atom stereocenters. The Kier molecular flexibility index (Phi) is 6.37. The number of urea groups is 1. The number of alkyl halides is 6. The third-order valence-electron chi connectivity index (χ3n) is 4.31. The van der Waals surface area contributed by atoms with Crippen LogP contribution in [0.15, 0.2) is 60.7 Å². The van der Waals surface area contributed by atoms with Gasteiger partial charge in [-0.3, -0.25) is 0 Å². The van der Waals surface area contributed by atoms with Crippen LogP contribution in [0.1, 0.15) is 6.92 Å². The summed E-state index contributed by atoms with van der Waals surface area (Å²) in [5.41, 5.74) is -4.46. The van der Waals surface area contributed by atoms with Gasteiger partial charge in [0.2, 0.25) is 5.54 Å². The Balaban J connectivity index is 2.28. The topological polar surface area (TPSA) is 58.2 Å². The van der Waals surface area contributed by atoms with E-state index in [-0.39, 0.29) is 6.92 Å². The van der Waals surface area contributed by atoms with E-state index in [0.29, 0.717) is 10.6 Å². The zero-order valence-corrected chi connectivity index (χ0v) is 15.9. The Hall–Kier alpha value is -2.48. The average molecular weight is 438 g/mol. The third-order valence-corrected chi connectivity index (χ3v) is 7.17. The number of amides is 2. The lowest BCUT2D eigenvalue weighted by molar-refractivity contribution is -0.297. The van der Waals surface area contributed by atoms with Gasteiger partial charge in [0.05, 0.1) is 6.29 Å². The first-order valence-corrected chi connectivity index (χ1v) is 10.1. The summed E-state index contributed by atoms with van der Waals surface area (Å²) in [5.74, 6) is 0. The molecular formula is C18H17F6N2O2P. The number of carbonyl (C=O) groups is 1. The quantitative estimate of drug-likeness (QED) is 0.545. The van der Waals surface area contributed by atoms with Crippen LogP contribution in [0.3, 0.4) is 0 Å². The summed E-state index contributed by atoms with van der Waals surface area (Å²) in [6.07, 6.45) is -12.2. The molecule has 0 aliphatic heterocycles. The number of rotatable bonds is 5. The van der Waals surface area contributed by atoms with Crippen molar-refractivity contribution in [1.82, 2.24) is 10.6 Å². The van der Waals surface area contributed by atoms with Gasteiger partial charge in [-0.25, -0.2) is 4.79 Å². The molecule has 0 spiro atoms. The van der Waals surface area contributed by atoms with Gasteiger partial charge in [-0.05, 0) is 6.92 Å². The predicted octanol–water partition coefficient (Wildman–Crippen LogP) is 4.14. The van der Waals surface area contributed by atoms with E-state index in [2.05, 4.69) is 0 Å². The van der Waals surface area contributed by atoms with Crippen LogP contribution in [-0.2, 0) is 4.57 Å². The van der Waals surface area contributed by atoms with Crippen LogP contribution >= 0.6 is 7.14 Å². The number of hydrogen-bond acceptors (Lipinski definition) is 2. The summed E-state index contributed by atoms with van der Waals surface area (Å²) >= 11 is 0. The van der Waals surface area contributed by atoms with E-state index in [0.717, 1.165) is 5.32 Å². The zero-order valence-electron chi connectivity index (χ0n) is 15.0. The maximum Gasteiger partial charge on any atom is 0.420 e. The molecule has 2 rings (SSSR count). The van der Waals surface area contributed by atoms with Crippen molar-refractivity contribution in [3.63, 3.8) is 0 Å². The molecule has 0 aliphatic rings. The molecule has 0 bridgehead atoms. The highest BCUT2D eigenvalue weighted by Gasteiger charge is 2.68. The predicted molar refractivity (Wildman–Crippen MR) is 96.8 cm³/mol. The van der Waals surface area contributed by atoms with Crippen LogP contribution in [0.5, 0.6) is 0 Å². The maximum absolute atomic E-state index is 13.6. The fraction of sp³-hybridized carbons (Fsp3) is 0.278. The van der Waals surface area contributed by atoms with Gasteiger partial charge in [-0.1, -0.05) is 60.7 Å². The summed E-state index contributed by atoms with van der Waals surface area (Å²) in [6, 6.07) is 13.9. The summed E-state index contributed by atoms with van der Waals surface area (Å²) in [6.45, 7) is -0.180. The Morgan fingerprint density at radius 2 is 1.21 bits per heavy atom. The minimum Gasteiger partial charge on any atom is -0.331 e. The van der Waals surface area contributed by atoms with Crippen molar-refractivity contribution in [2.45, 2.75) is 24.8 Å². The lowest BCUT2D eigenvalue weighted by Crippen LogP contribution is -2.67. The molecule has 0 saturated carbocycles. The van der Waals surface area contributed by atoms with E-state index in [1.807, 2.05) is 5.32 Å². The molecule has 2 amide bonds. The molecule has 2 aromatic carbocycles. The second-order valence-electron chi connectivity index (χ2n) is 6.32. The highest BCUT2D eigenvalue weighted by molar-refractivity contribution is 7.78. The van der Waals surface area contributed by atoms with Crippen molar-refractivity contribution in [1.29, 1.82) is 0 Å².